The Labute approximate surface area is 281 Å². The number of amides is 3. The maximum Gasteiger partial charge on any atom is 0.247 e. The Bertz CT molecular complexity index is 1240. The van der Waals surface area contributed by atoms with Crippen LogP contribution in [0.25, 0.3) is 0 Å². The van der Waals surface area contributed by atoms with Gasteiger partial charge < -0.3 is 24.5 Å². The van der Waals surface area contributed by atoms with Crippen LogP contribution in [0.2, 0.25) is 0 Å². The van der Waals surface area contributed by atoms with Gasteiger partial charge in [-0.25, -0.2) is 0 Å². The minimum absolute atomic E-state index is 0.0471. The number of carbonyl (C=O) groups excluding carboxylic acids is 3. The number of nitrogens with zero attached hydrogens (tertiary/aromatic N) is 3. The van der Waals surface area contributed by atoms with Crippen molar-refractivity contribution in [2.75, 3.05) is 31.2 Å². The molecule has 8 nitrogen and oxygen atoms in total. The Balaban J connectivity index is 1.82. The van der Waals surface area contributed by atoms with Gasteiger partial charge in [0.1, 0.15) is 11.8 Å². The van der Waals surface area contributed by atoms with Crippen molar-refractivity contribution in [2.45, 2.75) is 93.3 Å². The number of rotatable bonds is 16. The summed E-state index contributed by atoms with van der Waals surface area (Å²) >= 11 is 5.52. The number of thioether (sulfide) groups is 1. The zero-order chi connectivity index (χ0) is 33.1. The number of ether oxygens (including phenoxy) is 1. The molecule has 3 aliphatic rings. The zero-order valence-electron chi connectivity index (χ0n) is 27.4. The molecule has 3 heterocycles. The number of aliphatic hydroxyl groups excluding tert-OH is 1. The van der Waals surface area contributed by atoms with E-state index in [4.69, 9.17) is 4.74 Å². The number of fused-ring (bicyclic) bond motifs is 1. The number of carbonyl (C=O) groups is 3. The molecule has 45 heavy (non-hydrogen) atoms. The van der Waals surface area contributed by atoms with Gasteiger partial charge in [0.25, 0.3) is 0 Å². The highest BCUT2D eigenvalue weighted by Crippen LogP contribution is 2.68. The molecule has 3 fully saturated rings. The van der Waals surface area contributed by atoms with E-state index in [1.165, 1.54) is 0 Å². The highest BCUT2D eigenvalue weighted by molar-refractivity contribution is 9.09. The SMILES string of the molecule is C=CCN(C(=O)[C@H]1[C@H]2C(=O)N([C@@H](CO)CC(C)C)C(C(=O)N(CC=C)C(C)CCC)C23CC(Br)[C@@H]1S3)c1ccc(OCC)cc1. The predicted molar refractivity (Wildman–Crippen MR) is 186 cm³/mol. The lowest BCUT2D eigenvalue weighted by Crippen LogP contribution is -2.59. The van der Waals surface area contributed by atoms with Crippen LogP contribution in [-0.2, 0) is 14.4 Å². The van der Waals surface area contributed by atoms with Crippen LogP contribution in [0, 0.1) is 17.8 Å². The number of alkyl halides is 1. The lowest BCUT2D eigenvalue weighted by Gasteiger charge is -2.41. The molecule has 2 bridgehead atoms. The van der Waals surface area contributed by atoms with Crippen molar-refractivity contribution in [3.63, 3.8) is 0 Å². The first-order valence-corrected chi connectivity index (χ1v) is 18.1. The largest absolute Gasteiger partial charge is 0.494 e. The quantitative estimate of drug-likeness (QED) is 0.176. The molecule has 0 aliphatic carbocycles. The summed E-state index contributed by atoms with van der Waals surface area (Å²) in [5.74, 6) is -0.901. The third-order valence-electron chi connectivity index (χ3n) is 9.48. The Hall–Kier alpha value is -2.30. The molecule has 10 heteroatoms. The number of halogens is 1. The number of hydrogen-bond acceptors (Lipinski definition) is 6. The molecule has 1 aromatic rings. The van der Waals surface area contributed by atoms with Gasteiger partial charge in [0.15, 0.2) is 0 Å². The van der Waals surface area contributed by atoms with E-state index in [9.17, 15) is 19.5 Å². The fraction of sp³-hybridized carbons (Fsp3) is 0.629. The average molecular weight is 705 g/mol. The van der Waals surface area contributed by atoms with Crippen LogP contribution in [0.1, 0.15) is 60.3 Å². The van der Waals surface area contributed by atoms with Gasteiger partial charge in [0.05, 0.1) is 35.8 Å². The average Bonchev–Trinajstić information content (AvgIpc) is 3.60. The van der Waals surface area contributed by atoms with Gasteiger partial charge in [-0.2, -0.15) is 0 Å². The molecule has 0 radical (unpaired) electrons. The van der Waals surface area contributed by atoms with Crippen LogP contribution in [0.3, 0.4) is 0 Å². The molecule has 1 N–H and O–H groups in total. The molecular formula is C35H50BrN3O5S. The smallest absolute Gasteiger partial charge is 0.247 e. The van der Waals surface area contributed by atoms with Crippen molar-refractivity contribution in [2.24, 2.45) is 17.8 Å². The molecule has 1 spiro atoms. The third kappa shape index (κ3) is 6.61. The minimum atomic E-state index is -0.804. The lowest BCUT2D eigenvalue weighted by molar-refractivity contribution is -0.147. The maximum atomic E-state index is 14.8. The first-order valence-electron chi connectivity index (χ1n) is 16.3. The first-order chi connectivity index (χ1) is 21.5. The minimum Gasteiger partial charge on any atom is -0.494 e. The van der Waals surface area contributed by atoms with Crippen LogP contribution < -0.4 is 9.64 Å². The first kappa shape index (κ1) is 35.6. The zero-order valence-corrected chi connectivity index (χ0v) is 29.8. The number of anilines is 1. The van der Waals surface area contributed by atoms with Crippen LogP contribution in [0.4, 0.5) is 5.69 Å². The van der Waals surface area contributed by atoms with E-state index in [1.807, 2.05) is 43.0 Å². The van der Waals surface area contributed by atoms with Crippen molar-refractivity contribution < 1.29 is 24.2 Å². The van der Waals surface area contributed by atoms with E-state index in [1.54, 1.807) is 33.7 Å². The van der Waals surface area contributed by atoms with Crippen molar-refractivity contribution in [1.29, 1.82) is 0 Å². The van der Waals surface area contributed by atoms with Crippen molar-refractivity contribution in [3.8, 4) is 5.75 Å². The lowest BCUT2D eigenvalue weighted by atomic mass is 9.70. The topological polar surface area (TPSA) is 90.4 Å². The Morgan fingerprint density at radius 3 is 2.38 bits per heavy atom. The predicted octanol–water partition coefficient (Wildman–Crippen LogP) is 5.68. The maximum absolute atomic E-state index is 14.8. The molecule has 3 aliphatic heterocycles. The Kier molecular flexibility index (Phi) is 11.9. The van der Waals surface area contributed by atoms with E-state index >= 15 is 0 Å². The van der Waals surface area contributed by atoms with Gasteiger partial charge in [-0.15, -0.1) is 24.9 Å². The highest BCUT2D eigenvalue weighted by Gasteiger charge is 2.76. The second-order valence-electron chi connectivity index (χ2n) is 13.0. The van der Waals surface area contributed by atoms with Crippen molar-refractivity contribution in [3.05, 3.63) is 49.6 Å². The van der Waals surface area contributed by atoms with Gasteiger partial charge in [-0.1, -0.05) is 55.3 Å². The second-order valence-corrected chi connectivity index (χ2v) is 15.7. The summed E-state index contributed by atoms with van der Waals surface area (Å²) in [5.41, 5.74) is 0.699. The summed E-state index contributed by atoms with van der Waals surface area (Å²) in [6, 6.07) is 6.02. The monoisotopic (exact) mass is 703 g/mol. The van der Waals surface area contributed by atoms with E-state index in [0.717, 1.165) is 12.8 Å². The number of aliphatic hydroxyl groups is 1. The summed E-state index contributed by atoms with van der Waals surface area (Å²) in [6.07, 6.45) is 6.31. The van der Waals surface area contributed by atoms with Crippen molar-refractivity contribution >= 4 is 51.1 Å². The van der Waals surface area contributed by atoms with E-state index in [0.29, 0.717) is 37.4 Å². The molecule has 4 unspecified atom stereocenters. The van der Waals surface area contributed by atoms with Gasteiger partial charge >= 0.3 is 0 Å². The van der Waals surface area contributed by atoms with Gasteiger partial charge in [0.2, 0.25) is 17.7 Å². The van der Waals surface area contributed by atoms with Gasteiger partial charge in [-0.3, -0.25) is 14.4 Å². The molecule has 4 rings (SSSR count). The fourth-order valence-corrected chi connectivity index (χ4v) is 11.3. The van der Waals surface area contributed by atoms with E-state index < -0.39 is 28.7 Å². The van der Waals surface area contributed by atoms with Gasteiger partial charge in [-0.05, 0) is 63.3 Å². The van der Waals surface area contributed by atoms with Crippen LogP contribution in [-0.4, -0.2) is 91.9 Å². The Morgan fingerprint density at radius 2 is 1.82 bits per heavy atom. The molecular weight excluding hydrogens is 654 g/mol. The van der Waals surface area contributed by atoms with E-state index in [-0.39, 0.29) is 52.9 Å². The normalized spacial score (nSPS) is 28.1. The summed E-state index contributed by atoms with van der Waals surface area (Å²) in [4.78, 5) is 49.5. The molecule has 0 aromatic heterocycles. The fourth-order valence-electron chi connectivity index (χ4n) is 7.72. The molecule has 3 amide bonds. The second kappa shape index (κ2) is 15.1. The van der Waals surface area contributed by atoms with Crippen LogP contribution in [0.15, 0.2) is 49.6 Å². The van der Waals surface area contributed by atoms with E-state index in [2.05, 4.69) is 49.9 Å². The summed E-state index contributed by atoms with van der Waals surface area (Å²) in [7, 11) is 0. The molecule has 248 valence electrons. The summed E-state index contributed by atoms with van der Waals surface area (Å²) < 4.78 is 4.81. The standard InChI is InChI=1S/C35H50BrN3O5S/c1-8-12-23(7)37(17-9-2)34(43)31-35-20-27(36)30(45-35)28(29(35)33(42)39(31)25(21-40)19-22(5)6)32(41)38(18-10-3)24-13-15-26(16-14-24)44-11-4/h9-10,13-16,22-23,25,27-31,40H,2-3,8,11-12,17-21H2,1,4-7H3/t23?,25-,27?,28+,29+,30+,31?,35?/m1/s1. The Morgan fingerprint density at radius 1 is 1.16 bits per heavy atom. The highest BCUT2D eigenvalue weighted by atomic mass is 79.9. The molecule has 3 saturated heterocycles. The van der Waals surface area contributed by atoms with Gasteiger partial charge in [0, 0.05) is 34.9 Å². The summed E-state index contributed by atoms with van der Waals surface area (Å²) in [6.45, 7) is 18.9. The molecule has 0 saturated carbocycles. The van der Waals surface area contributed by atoms with Crippen LogP contribution in [0.5, 0.6) is 5.75 Å². The number of likely N-dealkylation sites (tertiary alicyclic amines) is 1. The van der Waals surface area contributed by atoms with Crippen LogP contribution >= 0.6 is 27.7 Å². The number of benzene rings is 1. The third-order valence-corrected chi connectivity index (χ3v) is 12.7. The summed E-state index contributed by atoms with van der Waals surface area (Å²) in [5, 5.41) is 10.5. The van der Waals surface area contributed by atoms with Crippen molar-refractivity contribution in [1.82, 2.24) is 9.80 Å². The molecule has 8 atom stereocenters. The number of hydrogen-bond donors (Lipinski definition) is 1. The molecule has 1 aromatic carbocycles.